The van der Waals surface area contributed by atoms with Gasteiger partial charge < -0.3 is 0 Å². The van der Waals surface area contributed by atoms with Gasteiger partial charge in [0, 0.05) is 13.1 Å². The van der Waals surface area contributed by atoms with Crippen molar-refractivity contribution in [3.63, 3.8) is 0 Å². The number of hydrogen-bond donors (Lipinski definition) is 0. The van der Waals surface area contributed by atoms with Crippen molar-refractivity contribution in [1.82, 2.24) is 4.31 Å². The van der Waals surface area contributed by atoms with Gasteiger partial charge in [-0.15, -0.1) is 0 Å². The highest BCUT2D eigenvalue weighted by Gasteiger charge is 2.29. The van der Waals surface area contributed by atoms with Gasteiger partial charge in [0.1, 0.15) is 0 Å². The number of hydrogen-bond acceptors (Lipinski definition) is 2. The Morgan fingerprint density at radius 3 is 2.00 bits per heavy atom. The van der Waals surface area contributed by atoms with E-state index in [4.69, 9.17) is 0 Å². The molecule has 1 aromatic carbocycles. The third kappa shape index (κ3) is 3.02. The largest absolute Gasteiger partial charge is 0.242 e. The summed E-state index contributed by atoms with van der Waals surface area (Å²) < 4.78 is 26.7. The zero-order valence-corrected chi connectivity index (χ0v) is 13.7. The summed E-state index contributed by atoms with van der Waals surface area (Å²) in [6, 6.07) is 7.43. The summed E-state index contributed by atoms with van der Waals surface area (Å²) in [6.07, 6.45) is 0. The van der Waals surface area contributed by atoms with Crippen LogP contribution < -0.4 is 5.19 Å². The standard InChI is InChI=1S/C13H23NO2SSi/c1-6-14(7-2)17(15,16)12-10-8-9-11-13(12)18(3,4)5/h8-11H,6-7H2,1-5H3. The second kappa shape index (κ2) is 5.55. The van der Waals surface area contributed by atoms with Gasteiger partial charge >= 0.3 is 0 Å². The first-order chi connectivity index (χ1) is 8.25. The zero-order chi connectivity index (χ0) is 14.0. The first-order valence-corrected chi connectivity index (χ1v) is 11.3. The summed E-state index contributed by atoms with van der Waals surface area (Å²) >= 11 is 0. The summed E-state index contributed by atoms with van der Waals surface area (Å²) in [5.41, 5.74) is 0. The van der Waals surface area contributed by atoms with Gasteiger partial charge in [-0.3, -0.25) is 0 Å². The lowest BCUT2D eigenvalue weighted by molar-refractivity contribution is 0.445. The molecule has 0 atom stereocenters. The van der Waals surface area contributed by atoms with E-state index < -0.39 is 18.1 Å². The monoisotopic (exact) mass is 285 g/mol. The molecule has 0 N–H and O–H groups in total. The van der Waals surface area contributed by atoms with E-state index in [1.807, 2.05) is 26.0 Å². The molecular weight excluding hydrogens is 262 g/mol. The first-order valence-electron chi connectivity index (χ1n) is 6.34. The van der Waals surface area contributed by atoms with Crippen LogP contribution in [0.5, 0.6) is 0 Å². The van der Waals surface area contributed by atoms with Crippen molar-refractivity contribution in [3.8, 4) is 0 Å². The van der Waals surface area contributed by atoms with Crippen molar-refractivity contribution in [2.24, 2.45) is 0 Å². The molecule has 0 saturated carbocycles. The van der Waals surface area contributed by atoms with Gasteiger partial charge in [-0.05, 0) is 11.3 Å². The van der Waals surface area contributed by atoms with Crippen LogP contribution in [0.4, 0.5) is 0 Å². The molecule has 5 heteroatoms. The van der Waals surface area contributed by atoms with Gasteiger partial charge in [0.05, 0.1) is 13.0 Å². The number of rotatable bonds is 5. The molecule has 0 aliphatic heterocycles. The fourth-order valence-corrected chi connectivity index (χ4v) is 6.29. The van der Waals surface area contributed by atoms with E-state index in [0.717, 1.165) is 5.19 Å². The van der Waals surface area contributed by atoms with E-state index in [1.54, 1.807) is 12.1 Å². The molecule has 1 aromatic rings. The third-order valence-corrected chi connectivity index (χ3v) is 7.36. The van der Waals surface area contributed by atoms with Crippen molar-refractivity contribution < 1.29 is 8.42 Å². The van der Waals surface area contributed by atoms with Gasteiger partial charge in [-0.25, -0.2) is 8.42 Å². The second-order valence-electron chi connectivity index (χ2n) is 5.34. The van der Waals surface area contributed by atoms with Crippen LogP contribution in [-0.4, -0.2) is 33.9 Å². The first kappa shape index (κ1) is 15.4. The Kier molecular flexibility index (Phi) is 4.75. The van der Waals surface area contributed by atoms with Crippen LogP contribution in [0.1, 0.15) is 13.8 Å². The third-order valence-electron chi connectivity index (χ3n) is 3.02. The summed E-state index contributed by atoms with van der Waals surface area (Å²) in [5.74, 6) is 0. The number of benzene rings is 1. The maximum atomic E-state index is 12.6. The number of nitrogens with zero attached hydrogens (tertiary/aromatic N) is 1. The van der Waals surface area contributed by atoms with Gasteiger partial charge in [0.15, 0.2) is 0 Å². The van der Waals surface area contributed by atoms with E-state index in [1.165, 1.54) is 4.31 Å². The van der Waals surface area contributed by atoms with Crippen LogP contribution >= 0.6 is 0 Å². The minimum Gasteiger partial charge on any atom is -0.207 e. The maximum absolute atomic E-state index is 12.6. The minimum atomic E-state index is -3.35. The molecule has 0 aliphatic rings. The van der Waals surface area contributed by atoms with Gasteiger partial charge in [-0.2, -0.15) is 4.31 Å². The lowest BCUT2D eigenvalue weighted by Gasteiger charge is -2.25. The molecule has 1 rings (SSSR count). The molecule has 102 valence electrons. The Morgan fingerprint density at radius 1 is 1.06 bits per heavy atom. The zero-order valence-electron chi connectivity index (χ0n) is 11.9. The molecule has 0 unspecified atom stereocenters. The van der Waals surface area contributed by atoms with E-state index in [2.05, 4.69) is 19.6 Å². The van der Waals surface area contributed by atoms with E-state index in [0.29, 0.717) is 18.0 Å². The van der Waals surface area contributed by atoms with Crippen molar-refractivity contribution in [2.75, 3.05) is 13.1 Å². The highest BCUT2D eigenvalue weighted by molar-refractivity contribution is 7.89. The highest BCUT2D eigenvalue weighted by Crippen LogP contribution is 2.17. The van der Waals surface area contributed by atoms with Gasteiger partial charge in [-0.1, -0.05) is 51.7 Å². The van der Waals surface area contributed by atoms with Crippen molar-refractivity contribution in [2.45, 2.75) is 38.4 Å². The molecule has 0 aliphatic carbocycles. The Labute approximate surface area is 112 Å². The average molecular weight is 285 g/mol. The van der Waals surface area contributed by atoms with E-state index in [-0.39, 0.29) is 0 Å². The van der Waals surface area contributed by atoms with Crippen LogP contribution in [0.25, 0.3) is 0 Å². The topological polar surface area (TPSA) is 37.4 Å². The van der Waals surface area contributed by atoms with Crippen LogP contribution in [0.2, 0.25) is 19.6 Å². The van der Waals surface area contributed by atoms with Crippen molar-refractivity contribution >= 4 is 23.3 Å². The average Bonchev–Trinajstić information content (AvgIpc) is 2.29. The summed E-state index contributed by atoms with van der Waals surface area (Å²) in [7, 11) is -5.01. The molecule has 18 heavy (non-hydrogen) atoms. The minimum absolute atomic E-state index is 0.493. The molecule has 0 aromatic heterocycles. The van der Waals surface area contributed by atoms with Crippen LogP contribution in [0.3, 0.4) is 0 Å². The van der Waals surface area contributed by atoms with E-state index >= 15 is 0 Å². The van der Waals surface area contributed by atoms with Crippen LogP contribution in [-0.2, 0) is 10.0 Å². The van der Waals surface area contributed by atoms with Gasteiger partial charge in [0.25, 0.3) is 0 Å². The smallest absolute Gasteiger partial charge is 0.207 e. The van der Waals surface area contributed by atoms with Crippen LogP contribution in [0, 0.1) is 0 Å². The predicted octanol–water partition coefficient (Wildman–Crippen LogP) is 2.26. The van der Waals surface area contributed by atoms with Crippen molar-refractivity contribution in [3.05, 3.63) is 24.3 Å². The summed E-state index contributed by atoms with van der Waals surface area (Å²) in [5, 5.41) is 1.01. The maximum Gasteiger partial charge on any atom is 0.242 e. The van der Waals surface area contributed by atoms with E-state index in [9.17, 15) is 8.42 Å². The Morgan fingerprint density at radius 2 is 1.56 bits per heavy atom. The molecule has 0 heterocycles. The van der Waals surface area contributed by atoms with Gasteiger partial charge in [0.2, 0.25) is 10.0 Å². The molecule has 0 radical (unpaired) electrons. The van der Waals surface area contributed by atoms with Crippen LogP contribution in [0.15, 0.2) is 29.2 Å². The normalized spacial score (nSPS) is 13.0. The molecule has 0 amide bonds. The quantitative estimate of drug-likeness (QED) is 0.778. The lowest BCUT2D eigenvalue weighted by Crippen LogP contribution is -2.43. The highest BCUT2D eigenvalue weighted by atomic mass is 32.2. The Bertz CT molecular complexity index is 502. The SMILES string of the molecule is CCN(CC)S(=O)(=O)c1ccccc1[Si](C)(C)C. The van der Waals surface area contributed by atoms with Crippen molar-refractivity contribution in [1.29, 1.82) is 0 Å². The summed E-state index contributed by atoms with van der Waals surface area (Å²) in [4.78, 5) is 0.493. The molecule has 3 nitrogen and oxygen atoms in total. The molecule has 0 bridgehead atoms. The molecule has 0 fully saturated rings. The fourth-order valence-electron chi connectivity index (χ4n) is 2.01. The second-order valence-corrected chi connectivity index (χ2v) is 12.3. The molecule has 0 saturated heterocycles. The predicted molar refractivity (Wildman–Crippen MR) is 79.5 cm³/mol. The number of sulfonamides is 1. The Hall–Kier alpha value is -0.653. The molecule has 0 spiro atoms. The fraction of sp³-hybridized carbons (Fsp3) is 0.538. The summed E-state index contributed by atoms with van der Waals surface area (Å²) in [6.45, 7) is 11.3. The Balaban J connectivity index is 3.43. The molecular formula is C13H23NO2SSi. The lowest BCUT2D eigenvalue weighted by atomic mass is 10.4.